The first-order chi connectivity index (χ1) is 10.0. The molecule has 5 heteroatoms. The van der Waals surface area contributed by atoms with Crippen LogP contribution in [0.3, 0.4) is 0 Å². The van der Waals surface area contributed by atoms with Gasteiger partial charge < -0.3 is 5.32 Å². The molecular weight excluding hydrogens is 305 g/mol. The van der Waals surface area contributed by atoms with Gasteiger partial charge in [0.15, 0.2) is 0 Å². The van der Waals surface area contributed by atoms with Crippen LogP contribution in [0.2, 0.25) is 10.0 Å². The molecule has 0 aliphatic rings. The van der Waals surface area contributed by atoms with Crippen LogP contribution in [0.25, 0.3) is 0 Å². The minimum atomic E-state index is 0.163. The summed E-state index contributed by atoms with van der Waals surface area (Å²) < 4.78 is 1.89. The summed E-state index contributed by atoms with van der Waals surface area (Å²) in [6.45, 7) is 5.18. The fourth-order valence-corrected chi connectivity index (χ4v) is 2.95. The van der Waals surface area contributed by atoms with Gasteiger partial charge in [0.1, 0.15) is 0 Å². The molecule has 0 fully saturated rings. The molecule has 0 radical (unpaired) electrons. The monoisotopic (exact) mass is 325 g/mol. The Morgan fingerprint density at radius 3 is 2.48 bits per heavy atom. The van der Waals surface area contributed by atoms with Gasteiger partial charge in [0.2, 0.25) is 0 Å². The molecule has 0 saturated carbocycles. The molecule has 0 aliphatic heterocycles. The van der Waals surface area contributed by atoms with E-state index in [1.807, 2.05) is 36.1 Å². The quantitative estimate of drug-likeness (QED) is 0.857. The molecule has 0 spiro atoms. The second-order valence-electron chi connectivity index (χ2n) is 5.22. The van der Waals surface area contributed by atoms with E-state index in [2.05, 4.69) is 24.3 Å². The third-order valence-electron chi connectivity index (χ3n) is 3.76. The second kappa shape index (κ2) is 7.30. The fraction of sp³-hybridized carbons (Fsp3) is 0.438. The highest BCUT2D eigenvalue weighted by molar-refractivity contribution is 6.36. The van der Waals surface area contributed by atoms with Crippen LogP contribution in [0.1, 0.15) is 36.2 Å². The van der Waals surface area contributed by atoms with Gasteiger partial charge in [-0.25, -0.2) is 0 Å². The standard InChI is InChI=1S/C16H21Cl2N3/c1-4-8-19-16(13-10-20-21(3)11(13)2)9-12-14(17)6-5-7-15(12)18/h5-7,10,16,19H,4,8-9H2,1-3H3. The van der Waals surface area contributed by atoms with E-state index < -0.39 is 0 Å². The Kier molecular flexibility index (Phi) is 5.68. The highest BCUT2D eigenvalue weighted by Crippen LogP contribution is 2.30. The van der Waals surface area contributed by atoms with Crippen molar-refractivity contribution in [3.8, 4) is 0 Å². The van der Waals surface area contributed by atoms with Crippen LogP contribution < -0.4 is 5.32 Å². The molecule has 1 heterocycles. The first-order valence-corrected chi connectivity index (χ1v) is 7.95. The minimum Gasteiger partial charge on any atom is -0.310 e. The maximum Gasteiger partial charge on any atom is 0.0540 e. The lowest BCUT2D eigenvalue weighted by atomic mass is 9.99. The topological polar surface area (TPSA) is 29.9 Å². The number of hydrogen-bond donors (Lipinski definition) is 1. The van der Waals surface area contributed by atoms with E-state index in [0.29, 0.717) is 10.0 Å². The number of aromatic nitrogens is 2. The molecule has 21 heavy (non-hydrogen) atoms. The van der Waals surface area contributed by atoms with E-state index in [1.165, 1.54) is 5.56 Å². The van der Waals surface area contributed by atoms with Crippen molar-refractivity contribution in [3.05, 3.63) is 51.3 Å². The van der Waals surface area contributed by atoms with Crippen LogP contribution >= 0.6 is 23.2 Å². The van der Waals surface area contributed by atoms with Crippen molar-refractivity contribution >= 4 is 23.2 Å². The Balaban J connectivity index is 2.31. The van der Waals surface area contributed by atoms with E-state index in [9.17, 15) is 0 Å². The summed E-state index contributed by atoms with van der Waals surface area (Å²) in [7, 11) is 1.96. The van der Waals surface area contributed by atoms with Crippen molar-refractivity contribution in [2.45, 2.75) is 32.7 Å². The first-order valence-electron chi connectivity index (χ1n) is 7.19. The summed E-state index contributed by atoms with van der Waals surface area (Å²) in [5.41, 5.74) is 3.34. The van der Waals surface area contributed by atoms with Crippen molar-refractivity contribution in [3.63, 3.8) is 0 Å². The summed E-state index contributed by atoms with van der Waals surface area (Å²) in [4.78, 5) is 0. The smallest absolute Gasteiger partial charge is 0.0540 e. The molecule has 0 amide bonds. The molecular formula is C16H21Cl2N3. The van der Waals surface area contributed by atoms with E-state index in [-0.39, 0.29) is 6.04 Å². The summed E-state index contributed by atoms with van der Waals surface area (Å²) in [6, 6.07) is 5.81. The molecule has 0 bridgehead atoms. The SMILES string of the molecule is CCCNC(Cc1c(Cl)cccc1Cl)c1cnn(C)c1C. The maximum atomic E-state index is 6.31. The lowest BCUT2D eigenvalue weighted by Gasteiger charge is -2.20. The van der Waals surface area contributed by atoms with Gasteiger partial charge in [-0.3, -0.25) is 4.68 Å². The Hall–Kier alpha value is -1.03. The number of rotatable bonds is 6. The molecule has 1 atom stereocenters. The third-order valence-corrected chi connectivity index (χ3v) is 4.47. The molecule has 1 aromatic heterocycles. The van der Waals surface area contributed by atoms with Crippen molar-refractivity contribution in [2.24, 2.45) is 7.05 Å². The average Bonchev–Trinajstić information content (AvgIpc) is 2.78. The first kappa shape index (κ1) is 16.3. The number of benzene rings is 1. The Morgan fingerprint density at radius 1 is 1.29 bits per heavy atom. The lowest BCUT2D eigenvalue weighted by molar-refractivity contribution is 0.526. The van der Waals surface area contributed by atoms with E-state index in [0.717, 1.165) is 30.6 Å². The summed E-state index contributed by atoms with van der Waals surface area (Å²) >= 11 is 12.6. The van der Waals surface area contributed by atoms with E-state index >= 15 is 0 Å². The van der Waals surface area contributed by atoms with Crippen LogP contribution in [-0.2, 0) is 13.5 Å². The van der Waals surface area contributed by atoms with Gasteiger partial charge >= 0.3 is 0 Å². The number of halogens is 2. The predicted molar refractivity (Wildman–Crippen MR) is 89.1 cm³/mol. The van der Waals surface area contributed by atoms with Gasteiger partial charge in [-0.1, -0.05) is 36.2 Å². The zero-order valence-electron chi connectivity index (χ0n) is 12.7. The lowest BCUT2D eigenvalue weighted by Crippen LogP contribution is -2.24. The van der Waals surface area contributed by atoms with Crippen LogP contribution in [0.4, 0.5) is 0 Å². The van der Waals surface area contributed by atoms with E-state index in [1.54, 1.807) is 0 Å². The predicted octanol–water partition coefficient (Wildman–Crippen LogP) is 4.32. The van der Waals surface area contributed by atoms with Gasteiger partial charge in [-0.05, 0) is 44.0 Å². The minimum absolute atomic E-state index is 0.163. The normalized spacial score (nSPS) is 12.6. The van der Waals surface area contributed by atoms with Crippen LogP contribution in [0.5, 0.6) is 0 Å². The molecule has 2 aromatic rings. The zero-order valence-corrected chi connectivity index (χ0v) is 14.2. The molecule has 114 valence electrons. The maximum absolute atomic E-state index is 6.31. The summed E-state index contributed by atoms with van der Waals surface area (Å²) in [6.07, 6.45) is 3.75. The number of nitrogens with one attached hydrogen (secondary N) is 1. The highest BCUT2D eigenvalue weighted by Gasteiger charge is 2.19. The zero-order chi connectivity index (χ0) is 15.4. The van der Waals surface area contributed by atoms with Gasteiger partial charge in [0, 0.05) is 34.4 Å². The van der Waals surface area contributed by atoms with Gasteiger partial charge in [0.05, 0.1) is 6.20 Å². The van der Waals surface area contributed by atoms with Crippen molar-refractivity contribution < 1.29 is 0 Å². The van der Waals surface area contributed by atoms with Crippen LogP contribution in [0.15, 0.2) is 24.4 Å². The largest absolute Gasteiger partial charge is 0.310 e. The highest BCUT2D eigenvalue weighted by atomic mass is 35.5. The Labute approximate surface area is 136 Å². The molecule has 2 rings (SSSR count). The van der Waals surface area contributed by atoms with Crippen LogP contribution in [-0.4, -0.2) is 16.3 Å². The van der Waals surface area contributed by atoms with Crippen LogP contribution in [0, 0.1) is 6.92 Å². The molecule has 1 unspecified atom stereocenters. The molecule has 0 saturated heterocycles. The van der Waals surface area contributed by atoms with Crippen molar-refractivity contribution in [2.75, 3.05) is 6.54 Å². The Morgan fingerprint density at radius 2 is 1.95 bits per heavy atom. The summed E-state index contributed by atoms with van der Waals surface area (Å²) in [5, 5.41) is 9.34. The second-order valence-corrected chi connectivity index (χ2v) is 6.03. The van der Waals surface area contributed by atoms with E-state index in [4.69, 9.17) is 23.2 Å². The number of nitrogens with zero attached hydrogens (tertiary/aromatic N) is 2. The third kappa shape index (κ3) is 3.79. The van der Waals surface area contributed by atoms with Crippen molar-refractivity contribution in [1.82, 2.24) is 15.1 Å². The molecule has 1 N–H and O–H groups in total. The number of aryl methyl sites for hydroxylation is 1. The Bertz CT molecular complexity index is 587. The van der Waals surface area contributed by atoms with Gasteiger partial charge in [0.25, 0.3) is 0 Å². The van der Waals surface area contributed by atoms with Gasteiger partial charge in [-0.2, -0.15) is 5.10 Å². The van der Waals surface area contributed by atoms with Crippen molar-refractivity contribution in [1.29, 1.82) is 0 Å². The molecule has 1 aromatic carbocycles. The molecule has 3 nitrogen and oxygen atoms in total. The molecule has 0 aliphatic carbocycles. The fourth-order valence-electron chi connectivity index (χ4n) is 2.40. The summed E-state index contributed by atoms with van der Waals surface area (Å²) in [5.74, 6) is 0. The average molecular weight is 326 g/mol. The van der Waals surface area contributed by atoms with Gasteiger partial charge in [-0.15, -0.1) is 0 Å². The number of hydrogen-bond acceptors (Lipinski definition) is 2.